The van der Waals surface area contributed by atoms with Gasteiger partial charge >= 0.3 is 6.18 Å². The summed E-state index contributed by atoms with van der Waals surface area (Å²) in [5.41, 5.74) is -0.757. The lowest BCUT2D eigenvalue weighted by molar-refractivity contribution is -0.137. The molecule has 4 nitrogen and oxygen atoms in total. The summed E-state index contributed by atoms with van der Waals surface area (Å²) < 4.78 is 38.0. The van der Waals surface area contributed by atoms with Gasteiger partial charge in [0.2, 0.25) is 0 Å². The minimum Gasteiger partial charge on any atom is -0.395 e. The third kappa shape index (κ3) is 3.95. The van der Waals surface area contributed by atoms with E-state index in [1.165, 1.54) is 12.1 Å². The van der Waals surface area contributed by atoms with Crippen LogP contribution in [0.5, 0.6) is 0 Å². The van der Waals surface area contributed by atoms with Crippen molar-refractivity contribution in [3.05, 3.63) is 35.4 Å². The number of β-amino-alcohol motifs (C(OH)–C–C–N with tert-alkyl or cyclic N) is 1. The molecule has 116 valence electrons. The van der Waals surface area contributed by atoms with Crippen molar-refractivity contribution in [2.24, 2.45) is 0 Å². The molecule has 1 aromatic carbocycles. The van der Waals surface area contributed by atoms with Gasteiger partial charge in [-0.05, 0) is 18.2 Å². The number of hydrogen-bond acceptors (Lipinski definition) is 3. The number of carbonyl (C=O) groups excluding carboxylic acids is 1. The Morgan fingerprint density at radius 2 is 1.86 bits per heavy atom. The first-order chi connectivity index (χ1) is 9.91. The van der Waals surface area contributed by atoms with Gasteiger partial charge in [0.15, 0.2) is 0 Å². The van der Waals surface area contributed by atoms with E-state index in [0.717, 1.165) is 12.1 Å². The summed E-state index contributed by atoms with van der Waals surface area (Å²) in [5, 5.41) is 8.85. The Labute approximate surface area is 120 Å². The average Bonchev–Trinajstić information content (AvgIpc) is 2.47. The van der Waals surface area contributed by atoms with Gasteiger partial charge in [-0.15, -0.1) is 0 Å². The van der Waals surface area contributed by atoms with Crippen LogP contribution < -0.4 is 0 Å². The molecule has 0 unspecified atom stereocenters. The second-order valence-corrected chi connectivity index (χ2v) is 4.94. The number of benzene rings is 1. The van der Waals surface area contributed by atoms with E-state index in [2.05, 4.69) is 0 Å². The molecule has 1 amide bonds. The first-order valence-corrected chi connectivity index (χ1v) is 6.71. The van der Waals surface area contributed by atoms with Gasteiger partial charge in [0.1, 0.15) is 0 Å². The van der Waals surface area contributed by atoms with Gasteiger partial charge in [-0.3, -0.25) is 9.69 Å². The van der Waals surface area contributed by atoms with Gasteiger partial charge in [0, 0.05) is 38.3 Å². The summed E-state index contributed by atoms with van der Waals surface area (Å²) in [7, 11) is 0. The molecule has 0 radical (unpaired) electrons. The van der Waals surface area contributed by atoms with E-state index in [4.69, 9.17) is 5.11 Å². The maximum Gasteiger partial charge on any atom is 0.416 e. The number of aliphatic hydroxyl groups excluding tert-OH is 1. The molecule has 0 bridgehead atoms. The molecule has 1 N–H and O–H groups in total. The first-order valence-electron chi connectivity index (χ1n) is 6.71. The molecule has 7 heteroatoms. The monoisotopic (exact) mass is 302 g/mol. The highest BCUT2D eigenvalue weighted by Crippen LogP contribution is 2.29. The molecule has 1 heterocycles. The quantitative estimate of drug-likeness (QED) is 0.919. The van der Waals surface area contributed by atoms with Crippen LogP contribution in [0.25, 0.3) is 0 Å². The van der Waals surface area contributed by atoms with Crippen molar-refractivity contribution in [2.45, 2.75) is 6.18 Å². The van der Waals surface area contributed by atoms with Crippen LogP contribution in [-0.2, 0) is 6.18 Å². The number of piperazine rings is 1. The number of rotatable bonds is 3. The molecule has 0 aromatic heterocycles. The fourth-order valence-electron chi connectivity index (χ4n) is 2.33. The minimum atomic E-state index is -4.45. The van der Waals surface area contributed by atoms with Crippen LogP contribution in [0.1, 0.15) is 15.9 Å². The topological polar surface area (TPSA) is 43.8 Å². The Balaban J connectivity index is 2.04. The van der Waals surface area contributed by atoms with Crippen molar-refractivity contribution in [1.29, 1.82) is 0 Å². The number of alkyl halides is 3. The standard InChI is InChI=1S/C14H17F3N2O2/c15-14(16,17)12-3-1-2-11(10-12)13(21)19-6-4-18(5-7-19)8-9-20/h1-3,10,20H,4-9H2. The average molecular weight is 302 g/mol. The zero-order chi connectivity index (χ0) is 15.5. The predicted octanol–water partition coefficient (Wildman–Crippen LogP) is 1.46. The summed E-state index contributed by atoms with van der Waals surface area (Å²) in [6.45, 7) is 2.74. The van der Waals surface area contributed by atoms with Gasteiger partial charge in [-0.2, -0.15) is 13.2 Å². The van der Waals surface area contributed by atoms with Crippen LogP contribution in [-0.4, -0.2) is 60.1 Å². The Kier molecular flexibility index (Phi) is 4.84. The lowest BCUT2D eigenvalue weighted by Gasteiger charge is -2.34. The molecule has 0 spiro atoms. The number of nitrogens with zero attached hydrogens (tertiary/aromatic N) is 2. The lowest BCUT2D eigenvalue weighted by Crippen LogP contribution is -2.49. The Hall–Kier alpha value is -1.60. The molecule has 0 atom stereocenters. The second-order valence-electron chi connectivity index (χ2n) is 4.94. The van der Waals surface area contributed by atoms with Gasteiger partial charge < -0.3 is 10.0 Å². The van der Waals surface area contributed by atoms with Crippen LogP contribution in [0.2, 0.25) is 0 Å². The number of hydrogen-bond donors (Lipinski definition) is 1. The summed E-state index contributed by atoms with van der Waals surface area (Å²) in [4.78, 5) is 15.8. The molecule has 21 heavy (non-hydrogen) atoms. The van der Waals surface area contributed by atoms with Crippen LogP contribution in [0, 0.1) is 0 Å². The smallest absolute Gasteiger partial charge is 0.395 e. The summed E-state index contributed by atoms with van der Waals surface area (Å²) in [6, 6.07) is 4.49. The van der Waals surface area contributed by atoms with E-state index in [9.17, 15) is 18.0 Å². The normalized spacial score (nSPS) is 17.0. The highest BCUT2D eigenvalue weighted by atomic mass is 19.4. The Morgan fingerprint density at radius 1 is 1.19 bits per heavy atom. The third-order valence-corrected chi connectivity index (χ3v) is 3.51. The first kappa shape index (κ1) is 15.8. The third-order valence-electron chi connectivity index (χ3n) is 3.51. The molecule has 1 saturated heterocycles. The van der Waals surface area contributed by atoms with E-state index in [1.807, 2.05) is 4.90 Å². The maximum atomic E-state index is 12.7. The van der Waals surface area contributed by atoms with Crippen molar-refractivity contribution >= 4 is 5.91 Å². The predicted molar refractivity (Wildman–Crippen MR) is 70.9 cm³/mol. The number of halogens is 3. The molecule has 1 fully saturated rings. The van der Waals surface area contributed by atoms with Crippen LogP contribution in [0.3, 0.4) is 0 Å². The van der Waals surface area contributed by atoms with E-state index in [1.54, 1.807) is 4.90 Å². The fraction of sp³-hybridized carbons (Fsp3) is 0.500. The Bertz CT molecular complexity index is 497. The molecule has 1 aromatic rings. The van der Waals surface area contributed by atoms with Crippen LogP contribution in [0.4, 0.5) is 13.2 Å². The molecule has 1 aliphatic heterocycles. The van der Waals surface area contributed by atoms with Gasteiger partial charge in [0.05, 0.1) is 12.2 Å². The zero-order valence-corrected chi connectivity index (χ0v) is 11.4. The van der Waals surface area contributed by atoms with Gasteiger partial charge in [0.25, 0.3) is 5.91 Å². The van der Waals surface area contributed by atoms with E-state index < -0.39 is 11.7 Å². The summed E-state index contributed by atoms with van der Waals surface area (Å²) >= 11 is 0. The molecular weight excluding hydrogens is 285 g/mol. The second kappa shape index (κ2) is 6.44. The van der Waals surface area contributed by atoms with E-state index in [-0.39, 0.29) is 18.1 Å². The number of amides is 1. The van der Waals surface area contributed by atoms with Crippen molar-refractivity contribution in [2.75, 3.05) is 39.3 Å². The summed E-state index contributed by atoms with van der Waals surface area (Å²) in [6.07, 6.45) is -4.45. The van der Waals surface area contributed by atoms with Crippen LogP contribution in [0.15, 0.2) is 24.3 Å². The fourth-order valence-corrected chi connectivity index (χ4v) is 2.33. The summed E-state index contributed by atoms with van der Waals surface area (Å²) in [5.74, 6) is -0.384. The highest BCUT2D eigenvalue weighted by Gasteiger charge is 2.31. The minimum absolute atomic E-state index is 0.0560. The molecule has 1 aliphatic rings. The van der Waals surface area contributed by atoms with Crippen LogP contribution >= 0.6 is 0 Å². The highest BCUT2D eigenvalue weighted by molar-refractivity contribution is 5.94. The molecule has 0 aliphatic carbocycles. The van der Waals surface area contributed by atoms with Crippen molar-refractivity contribution in [1.82, 2.24) is 9.80 Å². The largest absolute Gasteiger partial charge is 0.416 e. The Morgan fingerprint density at radius 3 is 2.43 bits per heavy atom. The van der Waals surface area contributed by atoms with Crippen molar-refractivity contribution < 1.29 is 23.1 Å². The molecule has 0 saturated carbocycles. The number of aliphatic hydroxyl groups is 1. The van der Waals surface area contributed by atoms with E-state index >= 15 is 0 Å². The molecule has 2 rings (SSSR count). The van der Waals surface area contributed by atoms with Gasteiger partial charge in [-0.25, -0.2) is 0 Å². The maximum absolute atomic E-state index is 12.7. The number of carbonyl (C=O) groups is 1. The van der Waals surface area contributed by atoms with Crippen molar-refractivity contribution in [3.63, 3.8) is 0 Å². The van der Waals surface area contributed by atoms with Gasteiger partial charge in [-0.1, -0.05) is 6.07 Å². The molecular formula is C14H17F3N2O2. The zero-order valence-electron chi connectivity index (χ0n) is 11.4. The van der Waals surface area contributed by atoms with Crippen molar-refractivity contribution in [3.8, 4) is 0 Å². The SMILES string of the molecule is O=C(c1cccc(C(F)(F)F)c1)N1CCN(CCO)CC1. The lowest BCUT2D eigenvalue weighted by atomic mass is 10.1. The van der Waals surface area contributed by atoms with E-state index in [0.29, 0.717) is 32.7 Å².